The Morgan fingerprint density at radius 3 is 2.04 bits per heavy atom. The molecule has 0 heterocycles. The van der Waals surface area contributed by atoms with Crippen molar-refractivity contribution in [2.24, 2.45) is 0 Å². The van der Waals surface area contributed by atoms with E-state index in [-0.39, 0.29) is 0 Å². The molecule has 0 fully saturated rings. The lowest BCUT2D eigenvalue weighted by atomic mass is 9.93. The Hall–Kier alpha value is -2.86. The average Bonchev–Trinajstić information content (AvgIpc) is 2.68. The quantitative estimate of drug-likeness (QED) is 0.446. The van der Waals surface area contributed by atoms with E-state index in [1.165, 1.54) is 39.0 Å². The van der Waals surface area contributed by atoms with E-state index in [0.29, 0.717) is 0 Å². The topological polar surface area (TPSA) is 0 Å². The first-order valence-corrected chi connectivity index (χ1v) is 8.75. The highest BCUT2D eigenvalue weighted by molar-refractivity contribution is 5.85. The van der Waals surface area contributed by atoms with Crippen LogP contribution >= 0.6 is 0 Å². The van der Waals surface area contributed by atoms with E-state index in [0.717, 1.165) is 0 Å². The molecule has 25 heavy (non-hydrogen) atoms. The fourth-order valence-electron chi connectivity index (χ4n) is 3.08. The van der Waals surface area contributed by atoms with Crippen LogP contribution in [0.25, 0.3) is 22.3 Å². The summed E-state index contributed by atoms with van der Waals surface area (Å²) < 4.78 is 0. The van der Waals surface area contributed by atoms with Gasteiger partial charge in [-0.3, -0.25) is 0 Å². The number of hydrogen-bond acceptors (Lipinski definition) is 0. The summed E-state index contributed by atoms with van der Waals surface area (Å²) in [5, 5.41) is 0. The van der Waals surface area contributed by atoms with Gasteiger partial charge in [0, 0.05) is 0 Å². The summed E-state index contributed by atoms with van der Waals surface area (Å²) in [6, 6.07) is 27.8. The molecule has 0 aliphatic carbocycles. The van der Waals surface area contributed by atoms with Gasteiger partial charge in [-0.25, -0.2) is 0 Å². The molecule has 3 aromatic rings. The highest BCUT2D eigenvalue weighted by Gasteiger charge is 2.06. The molecule has 124 valence electrons. The highest BCUT2D eigenvalue weighted by atomic mass is 14.1. The van der Waals surface area contributed by atoms with Gasteiger partial charge in [-0.15, -0.1) is 0 Å². The van der Waals surface area contributed by atoms with E-state index >= 15 is 0 Å². The second kappa shape index (κ2) is 7.81. The maximum absolute atomic E-state index is 2.30. The number of aryl methyl sites for hydroxylation is 1. The van der Waals surface area contributed by atoms with E-state index in [2.05, 4.69) is 112 Å². The van der Waals surface area contributed by atoms with Crippen molar-refractivity contribution in [3.05, 3.63) is 108 Å². The number of benzene rings is 3. The first kappa shape index (κ1) is 17.0. The first-order chi connectivity index (χ1) is 12.2. The largest absolute Gasteiger partial charge is 0.0798 e. The van der Waals surface area contributed by atoms with Crippen LogP contribution in [-0.4, -0.2) is 0 Å². The number of hydrogen-bond donors (Lipinski definition) is 0. The first-order valence-electron chi connectivity index (χ1n) is 8.75. The second-order valence-electron chi connectivity index (χ2n) is 6.33. The Kier molecular flexibility index (Phi) is 5.30. The Morgan fingerprint density at radius 1 is 0.760 bits per heavy atom. The van der Waals surface area contributed by atoms with E-state index in [9.17, 15) is 0 Å². The minimum Gasteiger partial charge on any atom is -0.0798 e. The van der Waals surface area contributed by atoms with Gasteiger partial charge >= 0.3 is 0 Å². The lowest BCUT2D eigenvalue weighted by Crippen LogP contribution is -1.90. The summed E-state index contributed by atoms with van der Waals surface area (Å²) in [7, 11) is 0. The fourth-order valence-corrected chi connectivity index (χ4v) is 3.08. The molecule has 3 aromatic carbocycles. The minimum atomic E-state index is 1.25. The molecule has 0 radical (unpaired) electrons. The van der Waals surface area contributed by atoms with Gasteiger partial charge < -0.3 is 0 Å². The van der Waals surface area contributed by atoms with E-state index < -0.39 is 0 Å². The molecular weight excluding hydrogens is 300 g/mol. The molecule has 0 aliphatic rings. The van der Waals surface area contributed by atoms with Crippen LogP contribution < -0.4 is 0 Å². The molecule has 0 aliphatic heterocycles. The minimum absolute atomic E-state index is 1.25. The van der Waals surface area contributed by atoms with Crippen LogP contribution in [0.5, 0.6) is 0 Å². The molecule has 0 atom stereocenters. The lowest BCUT2D eigenvalue weighted by molar-refractivity contribution is 1.42. The van der Waals surface area contributed by atoms with E-state index in [1.54, 1.807) is 0 Å². The van der Waals surface area contributed by atoms with Crippen molar-refractivity contribution in [1.82, 2.24) is 0 Å². The van der Waals surface area contributed by atoms with Crippen molar-refractivity contribution < 1.29 is 0 Å². The van der Waals surface area contributed by atoms with Gasteiger partial charge in [0.15, 0.2) is 0 Å². The molecule has 0 bridgehead atoms. The smallest absolute Gasteiger partial charge is 0.0152 e. The SMILES string of the molecule is CC=C(C=C(C)c1ccccc1)c1cc(-c2ccccc2)ccc1C. The van der Waals surface area contributed by atoms with Crippen molar-refractivity contribution in [2.75, 3.05) is 0 Å². The molecule has 0 amide bonds. The van der Waals surface area contributed by atoms with Gasteiger partial charge in [0.05, 0.1) is 0 Å². The molecule has 0 heteroatoms. The second-order valence-corrected chi connectivity index (χ2v) is 6.33. The summed E-state index contributed by atoms with van der Waals surface area (Å²) in [6.45, 7) is 6.47. The zero-order valence-electron chi connectivity index (χ0n) is 15.2. The summed E-state index contributed by atoms with van der Waals surface area (Å²) in [6.07, 6.45) is 4.48. The van der Waals surface area contributed by atoms with Gasteiger partial charge in [-0.05, 0) is 65.8 Å². The molecule has 0 saturated heterocycles. The molecule has 0 saturated carbocycles. The van der Waals surface area contributed by atoms with Crippen LogP contribution in [0, 0.1) is 6.92 Å². The Morgan fingerprint density at radius 2 is 1.40 bits per heavy atom. The highest BCUT2D eigenvalue weighted by Crippen LogP contribution is 2.29. The van der Waals surface area contributed by atoms with Crippen LogP contribution in [-0.2, 0) is 0 Å². The monoisotopic (exact) mass is 324 g/mol. The van der Waals surface area contributed by atoms with Crippen LogP contribution in [0.3, 0.4) is 0 Å². The Labute approximate surface area is 151 Å². The standard InChI is InChI=1S/C25H24/c1-4-21(17-20(3)22-11-7-5-8-12-22)25-18-24(16-15-19(25)2)23-13-9-6-10-14-23/h4-18H,1-3H3. The van der Waals surface area contributed by atoms with Crippen LogP contribution in [0.15, 0.2) is 91.0 Å². The molecule has 0 unspecified atom stereocenters. The van der Waals surface area contributed by atoms with Gasteiger partial charge in [-0.1, -0.05) is 84.9 Å². The Bertz CT molecular complexity index is 897. The van der Waals surface area contributed by atoms with Crippen molar-refractivity contribution in [3.8, 4) is 11.1 Å². The molecule has 0 aromatic heterocycles. The molecular formula is C25H24. The average molecular weight is 324 g/mol. The predicted molar refractivity (Wildman–Crippen MR) is 110 cm³/mol. The summed E-state index contributed by atoms with van der Waals surface area (Å²) in [5.74, 6) is 0. The third kappa shape index (κ3) is 3.97. The Balaban J connectivity index is 2.02. The molecule has 0 nitrogen and oxygen atoms in total. The van der Waals surface area contributed by atoms with Crippen molar-refractivity contribution in [3.63, 3.8) is 0 Å². The molecule has 0 spiro atoms. The van der Waals surface area contributed by atoms with Crippen molar-refractivity contribution >= 4 is 11.1 Å². The predicted octanol–water partition coefficient (Wildman–Crippen LogP) is 7.17. The zero-order chi connectivity index (χ0) is 17.6. The van der Waals surface area contributed by atoms with Gasteiger partial charge in [0.2, 0.25) is 0 Å². The third-order valence-electron chi connectivity index (χ3n) is 4.57. The summed E-state index contributed by atoms with van der Waals surface area (Å²) >= 11 is 0. The normalized spacial score (nSPS) is 12.3. The lowest BCUT2D eigenvalue weighted by Gasteiger charge is -2.12. The van der Waals surface area contributed by atoms with Crippen LogP contribution in [0.4, 0.5) is 0 Å². The zero-order valence-corrected chi connectivity index (χ0v) is 15.2. The number of rotatable bonds is 4. The van der Waals surface area contributed by atoms with E-state index in [1.807, 2.05) is 0 Å². The van der Waals surface area contributed by atoms with Gasteiger partial charge in [0.25, 0.3) is 0 Å². The van der Waals surface area contributed by atoms with Crippen molar-refractivity contribution in [2.45, 2.75) is 20.8 Å². The van der Waals surface area contributed by atoms with Crippen molar-refractivity contribution in [1.29, 1.82) is 0 Å². The number of allylic oxidation sites excluding steroid dienone is 4. The van der Waals surface area contributed by atoms with Gasteiger partial charge in [-0.2, -0.15) is 0 Å². The fraction of sp³-hybridized carbons (Fsp3) is 0.120. The summed E-state index contributed by atoms with van der Waals surface area (Å²) in [5.41, 5.74) is 8.90. The third-order valence-corrected chi connectivity index (χ3v) is 4.57. The summed E-state index contributed by atoms with van der Waals surface area (Å²) in [4.78, 5) is 0. The maximum atomic E-state index is 2.30. The van der Waals surface area contributed by atoms with Crippen LogP contribution in [0.1, 0.15) is 30.5 Å². The van der Waals surface area contributed by atoms with E-state index in [4.69, 9.17) is 0 Å². The molecule has 0 N–H and O–H groups in total. The van der Waals surface area contributed by atoms with Gasteiger partial charge in [0.1, 0.15) is 0 Å². The van der Waals surface area contributed by atoms with Crippen LogP contribution in [0.2, 0.25) is 0 Å². The maximum Gasteiger partial charge on any atom is -0.0152 e. The molecule has 3 rings (SSSR count).